The van der Waals surface area contributed by atoms with E-state index in [1.807, 2.05) is 13.8 Å². The van der Waals surface area contributed by atoms with E-state index in [4.69, 9.17) is 9.47 Å². The van der Waals surface area contributed by atoms with Crippen molar-refractivity contribution in [1.82, 2.24) is 4.98 Å². The Labute approximate surface area is 88.2 Å². The average Bonchev–Trinajstić information content (AvgIpc) is 2.94. The minimum atomic E-state index is -0.458. The molecule has 3 nitrogen and oxygen atoms in total. The quantitative estimate of drug-likeness (QED) is 0.767. The number of aromatic nitrogens is 1. The standard InChI is InChI=1S/C11H14FNO2/c1-7(2)14-10-6-13-5-9(12)11(10)15-8-3-4-8/h5-8H,3-4H2,1-2H3. The van der Waals surface area contributed by atoms with E-state index < -0.39 is 5.82 Å². The van der Waals surface area contributed by atoms with Gasteiger partial charge in [0.1, 0.15) is 0 Å². The van der Waals surface area contributed by atoms with Crippen LogP contribution in [0.1, 0.15) is 26.7 Å². The van der Waals surface area contributed by atoms with Gasteiger partial charge < -0.3 is 9.47 Å². The third-order valence-electron chi connectivity index (χ3n) is 1.99. The fraction of sp³-hybridized carbons (Fsp3) is 0.545. The Balaban J connectivity index is 2.21. The monoisotopic (exact) mass is 211 g/mol. The van der Waals surface area contributed by atoms with Crippen LogP contribution >= 0.6 is 0 Å². The Bertz CT molecular complexity index is 350. The summed E-state index contributed by atoms with van der Waals surface area (Å²) in [6.07, 6.45) is 4.74. The molecule has 0 spiro atoms. The van der Waals surface area contributed by atoms with Crippen LogP contribution in [0.5, 0.6) is 11.5 Å². The first-order valence-electron chi connectivity index (χ1n) is 5.13. The van der Waals surface area contributed by atoms with Gasteiger partial charge in [-0.05, 0) is 26.7 Å². The predicted octanol–water partition coefficient (Wildman–Crippen LogP) is 2.55. The van der Waals surface area contributed by atoms with Crippen molar-refractivity contribution in [3.63, 3.8) is 0 Å². The third kappa shape index (κ3) is 2.58. The Kier molecular flexibility index (Phi) is 2.75. The largest absolute Gasteiger partial charge is 0.485 e. The molecule has 1 heterocycles. The molecule has 82 valence electrons. The highest BCUT2D eigenvalue weighted by atomic mass is 19.1. The lowest BCUT2D eigenvalue weighted by Crippen LogP contribution is -2.09. The van der Waals surface area contributed by atoms with E-state index in [0.717, 1.165) is 19.0 Å². The smallest absolute Gasteiger partial charge is 0.200 e. The zero-order valence-electron chi connectivity index (χ0n) is 8.87. The highest BCUT2D eigenvalue weighted by molar-refractivity contribution is 5.38. The third-order valence-corrected chi connectivity index (χ3v) is 1.99. The highest BCUT2D eigenvalue weighted by Gasteiger charge is 2.27. The van der Waals surface area contributed by atoms with E-state index in [2.05, 4.69) is 4.98 Å². The molecule has 4 heteroatoms. The maximum atomic E-state index is 13.4. The molecule has 0 N–H and O–H groups in total. The molecule has 1 aromatic heterocycles. The van der Waals surface area contributed by atoms with E-state index in [1.54, 1.807) is 0 Å². The minimum Gasteiger partial charge on any atom is -0.485 e. The second-order valence-electron chi connectivity index (χ2n) is 3.93. The summed E-state index contributed by atoms with van der Waals surface area (Å²) in [6.45, 7) is 3.76. The van der Waals surface area contributed by atoms with Crippen molar-refractivity contribution in [2.75, 3.05) is 0 Å². The van der Waals surface area contributed by atoms with Gasteiger partial charge in [0, 0.05) is 0 Å². The lowest BCUT2D eigenvalue weighted by atomic mass is 10.4. The van der Waals surface area contributed by atoms with Crippen LogP contribution < -0.4 is 9.47 Å². The molecule has 1 aromatic rings. The number of pyridine rings is 1. The Morgan fingerprint density at radius 1 is 1.40 bits per heavy atom. The predicted molar refractivity (Wildman–Crippen MR) is 53.6 cm³/mol. The van der Waals surface area contributed by atoms with E-state index >= 15 is 0 Å². The van der Waals surface area contributed by atoms with E-state index in [0.29, 0.717) is 5.75 Å². The first-order chi connectivity index (χ1) is 7.16. The molecule has 1 saturated carbocycles. The van der Waals surface area contributed by atoms with Crippen molar-refractivity contribution in [1.29, 1.82) is 0 Å². The van der Waals surface area contributed by atoms with Crippen molar-refractivity contribution in [3.05, 3.63) is 18.2 Å². The zero-order chi connectivity index (χ0) is 10.8. The van der Waals surface area contributed by atoms with Crippen LogP contribution in [0.25, 0.3) is 0 Å². The lowest BCUT2D eigenvalue weighted by Gasteiger charge is -2.14. The van der Waals surface area contributed by atoms with Crippen LogP contribution in [0.4, 0.5) is 4.39 Å². The molecule has 0 bridgehead atoms. The van der Waals surface area contributed by atoms with Gasteiger partial charge >= 0.3 is 0 Å². The van der Waals surface area contributed by atoms with Crippen LogP contribution in [0, 0.1) is 5.82 Å². The van der Waals surface area contributed by atoms with E-state index in [-0.39, 0.29) is 18.0 Å². The fourth-order valence-electron chi connectivity index (χ4n) is 1.21. The molecule has 0 atom stereocenters. The number of hydrogen-bond donors (Lipinski definition) is 0. The average molecular weight is 211 g/mol. The summed E-state index contributed by atoms with van der Waals surface area (Å²) in [5.41, 5.74) is 0. The fourth-order valence-corrected chi connectivity index (χ4v) is 1.21. The summed E-state index contributed by atoms with van der Waals surface area (Å²) < 4.78 is 24.3. The Hall–Kier alpha value is -1.32. The second kappa shape index (κ2) is 4.04. The van der Waals surface area contributed by atoms with Gasteiger partial charge in [-0.15, -0.1) is 0 Å². The van der Waals surface area contributed by atoms with Gasteiger partial charge in [-0.3, -0.25) is 4.98 Å². The molecule has 2 rings (SSSR count). The van der Waals surface area contributed by atoms with Gasteiger partial charge in [-0.25, -0.2) is 4.39 Å². The molecule has 0 aliphatic heterocycles. The van der Waals surface area contributed by atoms with E-state index in [9.17, 15) is 4.39 Å². The maximum Gasteiger partial charge on any atom is 0.200 e. The maximum absolute atomic E-state index is 13.4. The van der Waals surface area contributed by atoms with Crippen LogP contribution in [0.2, 0.25) is 0 Å². The topological polar surface area (TPSA) is 31.4 Å². The van der Waals surface area contributed by atoms with E-state index in [1.165, 1.54) is 6.20 Å². The van der Waals surface area contributed by atoms with Crippen LogP contribution in [0.15, 0.2) is 12.4 Å². The van der Waals surface area contributed by atoms with Crippen molar-refractivity contribution < 1.29 is 13.9 Å². The Morgan fingerprint density at radius 2 is 2.13 bits per heavy atom. The molecular formula is C11H14FNO2. The summed E-state index contributed by atoms with van der Waals surface area (Å²) >= 11 is 0. The number of rotatable bonds is 4. The number of ether oxygens (including phenoxy) is 2. The van der Waals surface area contributed by atoms with Crippen molar-refractivity contribution in [2.24, 2.45) is 0 Å². The SMILES string of the molecule is CC(C)Oc1cncc(F)c1OC1CC1. The first kappa shape index (κ1) is 10.2. The van der Waals surface area contributed by atoms with Crippen LogP contribution in [0.3, 0.4) is 0 Å². The van der Waals surface area contributed by atoms with Crippen molar-refractivity contribution in [3.8, 4) is 11.5 Å². The highest BCUT2D eigenvalue weighted by Crippen LogP contribution is 2.35. The van der Waals surface area contributed by atoms with Gasteiger partial charge in [-0.2, -0.15) is 0 Å². The number of nitrogens with zero attached hydrogens (tertiary/aromatic N) is 1. The van der Waals surface area contributed by atoms with Gasteiger partial charge in [0.15, 0.2) is 11.6 Å². The molecule has 0 radical (unpaired) electrons. The summed E-state index contributed by atoms with van der Waals surface area (Å²) in [5.74, 6) is 0.123. The number of hydrogen-bond acceptors (Lipinski definition) is 3. The van der Waals surface area contributed by atoms with Crippen LogP contribution in [-0.2, 0) is 0 Å². The molecule has 15 heavy (non-hydrogen) atoms. The Morgan fingerprint density at radius 3 is 2.73 bits per heavy atom. The molecule has 0 aromatic carbocycles. The van der Waals surface area contributed by atoms with Crippen molar-refractivity contribution in [2.45, 2.75) is 38.9 Å². The first-order valence-corrected chi connectivity index (χ1v) is 5.13. The number of halogens is 1. The van der Waals surface area contributed by atoms with Crippen molar-refractivity contribution >= 4 is 0 Å². The molecular weight excluding hydrogens is 197 g/mol. The molecule has 1 aliphatic rings. The summed E-state index contributed by atoms with van der Waals surface area (Å²) in [7, 11) is 0. The summed E-state index contributed by atoms with van der Waals surface area (Å²) in [5, 5.41) is 0. The van der Waals surface area contributed by atoms with Gasteiger partial charge in [0.25, 0.3) is 0 Å². The molecule has 0 amide bonds. The summed E-state index contributed by atoms with van der Waals surface area (Å²) in [6, 6.07) is 0. The van der Waals surface area contributed by atoms with Gasteiger partial charge in [-0.1, -0.05) is 0 Å². The summed E-state index contributed by atoms with van der Waals surface area (Å²) in [4.78, 5) is 3.75. The van der Waals surface area contributed by atoms with Gasteiger partial charge in [0.05, 0.1) is 24.6 Å². The van der Waals surface area contributed by atoms with Crippen LogP contribution in [-0.4, -0.2) is 17.2 Å². The lowest BCUT2D eigenvalue weighted by molar-refractivity contribution is 0.210. The second-order valence-corrected chi connectivity index (χ2v) is 3.93. The normalized spacial score (nSPS) is 15.5. The molecule has 1 fully saturated rings. The minimum absolute atomic E-state index is 0.0184. The molecule has 1 aliphatic carbocycles. The molecule has 0 unspecified atom stereocenters. The zero-order valence-corrected chi connectivity index (χ0v) is 8.87. The van der Waals surface area contributed by atoms with Gasteiger partial charge in [0.2, 0.25) is 5.75 Å². The molecule has 0 saturated heterocycles.